The number of pyridine rings is 1. The monoisotopic (exact) mass is 524 g/mol. The Bertz CT molecular complexity index is 1590. The molecule has 1 amide bonds. The minimum absolute atomic E-state index is 0.0435. The zero-order valence-corrected chi connectivity index (χ0v) is 21.7. The lowest BCUT2D eigenvalue weighted by atomic mass is 9.89. The first kappa shape index (κ1) is 24.3. The van der Waals surface area contributed by atoms with E-state index in [1.54, 1.807) is 37.4 Å². The molecule has 6 nitrogen and oxygen atoms in total. The van der Waals surface area contributed by atoms with Crippen LogP contribution in [0.2, 0.25) is 5.02 Å². The number of aromatic nitrogens is 1. The summed E-state index contributed by atoms with van der Waals surface area (Å²) in [5.41, 5.74) is 6.62. The van der Waals surface area contributed by atoms with Gasteiger partial charge in [-0.3, -0.25) is 14.7 Å². The van der Waals surface area contributed by atoms with Crippen LogP contribution in [0, 0.1) is 6.92 Å². The maximum atomic E-state index is 13.8. The zero-order valence-electron chi connectivity index (χ0n) is 20.9. The molecule has 7 heteroatoms. The summed E-state index contributed by atoms with van der Waals surface area (Å²) in [5.74, 6) is -1.14. The fourth-order valence-corrected chi connectivity index (χ4v) is 6.03. The number of benzene rings is 3. The largest absolute Gasteiger partial charge is 0.478 e. The van der Waals surface area contributed by atoms with Crippen LogP contribution < -0.4 is 4.90 Å². The Morgan fingerprint density at radius 1 is 1.05 bits per heavy atom. The Morgan fingerprint density at radius 3 is 2.42 bits per heavy atom. The molecule has 1 aliphatic carbocycles. The number of carbonyl (C=O) groups is 2. The molecule has 4 aromatic rings. The van der Waals surface area contributed by atoms with Crippen LogP contribution in [0.1, 0.15) is 39.4 Å². The summed E-state index contributed by atoms with van der Waals surface area (Å²) in [6.45, 7) is 1.89. The van der Waals surface area contributed by atoms with E-state index in [2.05, 4.69) is 4.98 Å². The van der Waals surface area contributed by atoms with Gasteiger partial charge in [-0.05, 0) is 77.1 Å². The highest BCUT2D eigenvalue weighted by Crippen LogP contribution is 2.67. The van der Waals surface area contributed by atoms with Crippen LogP contribution in [0.4, 0.5) is 5.69 Å². The van der Waals surface area contributed by atoms with Crippen molar-refractivity contribution in [3.63, 3.8) is 0 Å². The number of hydrogen-bond donors (Lipinski definition) is 1. The number of ether oxygens (including phenoxy) is 1. The van der Waals surface area contributed by atoms with Crippen LogP contribution in [-0.4, -0.2) is 35.8 Å². The second kappa shape index (κ2) is 9.08. The van der Waals surface area contributed by atoms with Crippen LogP contribution in [0.15, 0.2) is 79.1 Å². The predicted molar refractivity (Wildman–Crippen MR) is 147 cm³/mol. The summed E-state index contributed by atoms with van der Waals surface area (Å²) < 4.78 is 5.37. The van der Waals surface area contributed by atoms with Crippen molar-refractivity contribution >= 4 is 29.2 Å². The van der Waals surface area contributed by atoms with E-state index in [0.29, 0.717) is 17.0 Å². The summed E-state index contributed by atoms with van der Waals surface area (Å²) in [6, 6.07) is 21.4. The molecule has 2 atom stereocenters. The van der Waals surface area contributed by atoms with Gasteiger partial charge in [-0.25, -0.2) is 4.79 Å². The van der Waals surface area contributed by atoms with Gasteiger partial charge in [0.2, 0.25) is 5.91 Å². The number of halogens is 1. The fraction of sp³-hybridized carbons (Fsp3) is 0.194. The molecule has 2 aliphatic rings. The van der Waals surface area contributed by atoms with Crippen LogP contribution in [0.3, 0.4) is 0 Å². The van der Waals surface area contributed by atoms with Gasteiger partial charge in [0.15, 0.2) is 0 Å². The smallest absolute Gasteiger partial charge is 0.335 e. The van der Waals surface area contributed by atoms with Crippen LogP contribution in [-0.2, 0) is 14.9 Å². The molecule has 1 N–H and O–H groups in total. The number of anilines is 1. The van der Waals surface area contributed by atoms with Gasteiger partial charge in [-0.1, -0.05) is 48.0 Å². The quantitative estimate of drug-likeness (QED) is 0.313. The van der Waals surface area contributed by atoms with Crippen LogP contribution in [0.5, 0.6) is 0 Å². The summed E-state index contributed by atoms with van der Waals surface area (Å²) in [7, 11) is 1.56. The third-order valence-corrected chi connectivity index (χ3v) is 8.12. The highest BCUT2D eigenvalue weighted by Gasteiger charge is 2.67. The van der Waals surface area contributed by atoms with Crippen molar-refractivity contribution in [1.29, 1.82) is 0 Å². The van der Waals surface area contributed by atoms with E-state index in [0.717, 1.165) is 39.1 Å². The lowest BCUT2D eigenvalue weighted by Crippen LogP contribution is -2.34. The van der Waals surface area contributed by atoms with E-state index in [1.807, 2.05) is 60.7 Å². The minimum Gasteiger partial charge on any atom is -0.478 e. The molecule has 0 saturated heterocycles. The van der Waals surface area contributed by atoms with E-state index in [4.69, 9.17) is 16.3 Å². The summed E-state index contributed by atoms with van der Waals surface area (Å²) in [5, 5.41) is 10.2. The minimum atomic E-state index is -0.970. The molecule has 2 unspecified atom stereocenters. The number of aromatic carboxylic acids is 1. The van der Waals surface area contributed by atoms with E-state index in [1.165, 1.54) is 0 Å². The van der Waals surface area contributed by atoms with Crippen LogP contribution >= 0.6 is 11.6 Å². The number of amides is 1. The molecule has 1 spiro atoms. The SMILES string of the molecule is COCN1C(=O)C2(CC2c2ccc(C)c(C(=O)O)c2)c2cc(-c3ccc(-c4ccncc4)cc3)c(Cl)cc21. The molecule has 1 fully saturated rings. The Kier molecular flexibility index (Phi) is 5.82. The number of nitrogens with zero attached hydrogens (tertiary/aromatic N) is 2. The number of rotatable bonds is 6. The highest BCUT2D eigenvalue weighted by atomic mass is 35.5. The Hall–Kier alpha value is -4.00. The number of methoxy groups -OCH3 is 1. The van der Waals surface area contributed by atoms with Gasteiger partial charge in [-0.2, -0.15) is 0 Å². The average molecular weight is 525 g/mol. The molecule has 1 saturated carbocycles. The summed E-state index contributed by atoms with van der Waals surface area (Å²) in [6.07, 6.45) is 4.13. The molecule has 190 valence electrons. The number of fused-ring (bicyclic) bond motifs is 2. The van der Waals surface area contributed by atoms with Crippen LogP contribution in [0.25, 0.3) is 22.3 Å². The molecule has 1 aromatic heterocycles. The molecule has 3 aromatic carbocycles. The van der Waals surface area contributed by atoms with E-state index >= 15 is 0 Å². The van der Waals surface area contributed by atoms with Crippen molar-refractivity contribution in [3.8, 4) is 22.3 Å². The molecule has 6 rings (SSSR count). The molecule has 38 heavy (non-hydrogen) atoms. The Morgan fingerprint density at radius 2 is 1.74 bits per heavy atom. The maximum Gasteiger partial charge on any atom is 0.335 e. The molecule has 0 bridgehead atoms. The van der Waals surface area contributed by atoms with E-state index in [9.17, 15) is 14.7 Å². The average Bonchev–Trinajstić information content (AvgIpc) is 3.64. The van der Waals surface area contributed by atoms with Gasteiger partial charge < -0.3 is 9.84 Å². The maximum absolute atomic E-state index is 13.8. The van der Waals surface area contributed by atoms with Crippen molar-refractivity contribution in [1.82, 2.24) is 4.98 Å². The van der Waals surface area contributed by atoms with Gasteiger partial charge in [0, 0.05) is 31.0 Å². The number of carbonyl (C=O) groups excluding carboxylic acids is 1. The van der Waals surface area contributed by atoms with Crippen molar-refractivity contribution in [2.45, 2.75) is 24.7 Å². The van der Waals surface area contributed by atoms with Gasteiger partial charge >= 0.3 is 5.97 Å². The first-order valence-corrected chi connectivity index (χ1v) is 12.7. The second-order valence-electron chi connectivity index (χ2n) is 9.92. The fourth-order valence-electron chi connectivity index (χ4n) is 5.76. The summed E-state index contributed by atoms with van der Waals surface area (Å²) >= 11 is 6.80. The number of aryl methyl sites for hydroxylation is 1. The summed E-state index contributed by atoms with van der Waals surface area (Å²) in [4.78, 5) is 31.3. The standard InChI is InChI=1S/C31H25ClN2O4/c1-18-3-4-22(13-23(18)29(35)36)26-16-31(26)25-14-24(27(32)15-28(25)34(17-38-2)30(31)37)21-7-5-19(6-8-21)20-9-11-33-12-10-20/h3-15,26H,16-17H2,1-2H3,(H,35,36). The molecular formula is C31H25ClN2O4. The lowest BCUT2D eigenvalue weighted by Gasteiger charge is -2.17. The zero-order chi connectivity index (χ0) is 26.6. The predicted octanol–water partition coefficient (Wildman–Crippen LogP) is 6.45. The molecular weight excluding hydrogens is 500 g/mol. The topological polar surface area (TPSA) is 79.7 Å². The third kappa shape index (κ3) is 3.71. The molecule has 2 heterocycles. The molecule has 1 aliphatic heterocycles. The van der Waals surface area contributed by atoms with Gasteiger partial charge in [0.05, 0.1) is 21.7 Å². The number of hydrogen-bond acceptors (Lipinski definition) is 4. The van der Waals surface area contributed by atoms with Crippen molar-refractivity contribution in [3.05, 3.63) is 106 Å². The van der Waals surface area contributed by atoms with E-state index in [-0.39, 0.29) is 24.1 Å². The second-order valence-corrected chi connectivity index (χ2v) is 10.3. The van der Waals surface area contributed by atoms with Crippen molar-refractivity contribution < 1.29 is 19.4 Å². The van der Waals surface area contributed by atoms with Gasteiger partial charge in [0.25, 0.3) is 0 Å². The van der Waals surface area contributed by atoms with E-state index < -0.39 is 11.4 Å². The van der Waals surface area contributed by atoms with Gasteiger partial charge in [0.1, 0.15) is 6.73 Å². The van der Waals surface area contributed by atoms with Crippen molar-refractivity contribution in [2.24, 2.45) is 0 Å². The van der Waals surface area contributed by atoms with Gasteiger partial charge in [-0.15, -0.1) is 0 Å². The normalized spacial score (nSPS) is 19.6. The number of carboxylic acid groups (broad SMARTS) is 1. The first-order valence-electron chi connectivity index (χ1n) is 12.3. The molecule has 0 radical (unpaired) electrons. The van der Waals surface area contributed by atoms with Crippen molar-refractivity contribution in [2.75, 3.05) is 18.7 Å². The third-order valence-electron chi connectivity index (χ3n) is 7.81. The Labute approximate surface area is 225 Å². The lowest BCUT2D eigenvalue weighted by molar-refractivity contribution is -0.121. The Balaban J connectivity index is 1.43. The highest BCUT2D eigenvalue weighted by molar-refractivity contribution is 6.34. The number of carboxylic acids is 1. The first-order chi connectivity index (χ1) is 18.3.